The molecule has 0 unspecified atom stereocenters. The van der Waals surface area contributed by atoms with Crippen LogP contribution in [0.2, 0.25) is 0 Å². The Morgan fingerprint density at radius 2 is 1.54 bits per heavy atom. The van der Waals surface area contributed by atoms with Gasteiger partial charge >= 0.3 is 0 Å². The average Bonchev–Trinajstić information content (AvgIpc) is 2.74. The van der Waals surface area contributed by atoms with Crippen molar-refractivity contribution in [3.8, 4) is 16.9 Å². The van der Waals surface area contributed by atoms with E-state index in [1.54, 1.807) is 12.1 Å². The minimum atomic E-state index is -0.250. The topological polar surface area (TPSA) is 50.4 Å². The van der Waals surface area contributed by atoms with Crippen LogP contribution in [0.3, 0.4) is 0 Å². The average molecular weight is 391 g/mol. The molecule has 0 bridgehead atoms. The van der Waals surface area contributed by atoms with Crippen LogP contribution in [0, 0.1) is 0 Å². The molecule has 0 fully saturated rings. The Kier molecular flexibility index (Phi) is 6.76. The Morgan fingerprint density at radius 3 is 2.18 bits per heavy atom. The van der Waals surface area contributed by atoms with Gasteiger partial charge in [0.05, 0.1) is 6.61 Å². The Morgan fingerprint density at radius 1 is 0.893 bits per heavy atom. The van der Waals surface area contributed by atoms with E-state index in [2.05, 4.69) is 17.6 Å². The first-order valence-corrected chi connectivity index (χ1v) is 9.57. The van der Waals surface area contributed by atoms with Crippen LogP contribution in [0.4, 0.5) is 5.69 Å². The maximum absolute atomic E-state index is 12.4. The third kappa shape index (κ3) is 5.41. The van der Waals surface area contributed by atoms with Crippen molar-refractivity contribution < 1.29 is 9.53 Å². The number of nitrogens with one attached hydrogen (secondary N) is 2. The third-order valence-corrected chi connectivity index (χ3v) is 4.27. The number of carbonyl (C=O) groups is 1. The predicted molar refractivity (Wildman–Crippen MR) is 118 cm³/mol. The molecule has 28 heavy (non-hydrogen) atoms. The van der Waals surface area contributed by atoms with E-state index in [0.717, 1.165) is 29.0 Å². The van der Waals surface area contributed by atoms with Crippen LogP contribution in [0.25, 0.3) is 11.1 Å². The van der Waals surface area contributed by atoms with E-state index in [0.29, 0.717) is 12.2 Å². The lowest BCUT2D eigenvalue weighted by Gasteiger charge is -2.11. The van der Waals surface area contributed by atoms with E-state index in [9.17, 15) is 4.79 Å². The molecular formula is C23H22N2O2S. The molecular weight excluding hydrogens is 368 g/mol. The number of ether oxygens (including phenoxy) is 1. The SMILES string of the molecule is CCCOc1ccc(NC(=S)NC(=O)c2ccc(-c3ccccc3)cc2)cc1. The molecule has 3 aromatic rings. The van der Waals surface area contributed by atoms with Crippen molar-refractivity contribution >= 4 is 28.9 Å². The van der Waals surface area contributed by atoms with Gasteiger partial charge in [0.15, 0.2) is 5.11 Å². The van der Waals surface area contributed by atoms with Crippen LogP contribution < -0.4 is 15.4 Å². The van der Waals surface area contributed by atoms with Crippen molar-refractivity contribution in [2.75, 3.05) is 11.9 Å². The molecule has 0 atom stereocenters. The molecule has 142 valence electrons. The van der Waals surface area contributed by atoms with Gasteiger partial charge in [0.1, 0.15) is 5.75 Å². The highest BCUT2D eigenvalue weighted by Crippen LogP contribution is 2.19. The van der Waals surface area contributed by atoms with Gasteiger partial charge in [-0.15, -0.1) is 0 Å². The van der Waals surface area contributed by atoms with Gasteiger partial charge in [-0.2, -0.15) is 0 Å². The zero-order valence-electron chi connectivity index (χ0n) is 15.6. The fourth-order valence-corrected chi connectivity index (χ4v) is 2.85. The van der Waals surface area contributed by atoms with Crippen molar-refractivity contribution in [1.29, 1.82) is 0 Å². The Bertz CT molecular complexity index is 923. The minimum absolute atomic E-state index is 0.249. The summed E-state index contributed by atoms with van der Waals surface area (Å²) in [5.41, 5.74) is 3.50. The molecule has 5 heteroatoms. The number of rotatable bonds is 6. The van der Waals surface area contributed by atoms with E-state index in [-0.39, 0.29) is 11.0 Å². The lowest BCUT2D eigenvalue weighted by atomic mass is 10.0. The largest absolute Gasteiger partial charge is 0.494 e. The van der Waals surface area contributed by atoms with Gasteiger partial charge in [0.2, 0.25) is 0 Å². The van der Waals surface area contributed by atoms with Crippen molar-refractivity contribution in [3.63, 3.8) is 0 Å². The van der Waals surface area contributed by atoms with E-state index < -0.39 is 0 Å². The number of thiocarbonyl (C=S) groups is 1. The second-order valence-electron chi connectivity index (χ2n) is 6.22. The second-order valence-corrected chi connectivity index (χ2v) is 6.63. The predicted octanol–water partition coefficient (Wildman–Crippen LogP) is 5.27. The fraction of sp³-hybridized carbons (Fsp3) is 0.130. The second kappa shape index (κ2) is 9.67. The van der Waals surface area contributed by atoms with Crippen LogP contribution in [-0.2, 0) is 0 Å². The van der Waals surface area contributed by atoms with Gasteiger partial charge in [-0.3, -0.25) is 10.1 Å². The zero-order chi connectivity index (χ0) is 19.8. The van der Waals surface area contributed by atoms with E-state index in [1.807, 2.05) is 66.7 Å². The summed E-state index contributed by atoms with van der Waals surface area (Å²) in [6, 6.07) is 24.9. The molecule has 4 nitrogen and oxygen atoms in total. The van der Waals surface area contributed by atoms with Gasteiger partial charge in [-0.25, -0.2) is 0 Å². The number of hydrogen-bond acceptors (Lipinski definition) is 3. The van der Waals surface area contributed by atoms with Gasteiger partial charge in [0.25, 0.3) is 5.91 Å². The monoisotopic (exact) mass is 390 g/mol. The van der Waals surface area contributed by atoms with Crippen LogP contribution in [0.5, 0.6) is 5.75 Å². The Labute approximate surface area is 170 Å². The van der Waals surface area contributed by atoms with Crippen molar-refractivity contribution in [1.82, 2.24) is 5.32 Å². The summed E-state index contributed by atoms with van der Waals surface area (Å²) in [4.78, 5) is 12.4. The fourth-order valence-electron chi connectivity index (χ4n) is 2.64. The first-order chi connectivity index (χ1) is 13.7. The zero-order valence-corrected chi connectivity index (χ0v) is 16.5. The Hall–Kier alpha value is -3.18. The summed E-state index contributed by atoms with van der Waals surface area (Å²) >= 11 is 5.24. The standard InChI is InChI=1S/C23H22N2O2S/c1-2-16-27-21-14-12-20(13-15-21)24-23(28)25-22(26)19-10-8-18(9-11-19)17-6-4-3-5-7-17/h3-15H,2,16H2,1H3,(H2,24,25,26,28). The van der Waals surface area contributed by atoms with E-state index >= 15 is 0 Å². The number of hydrogen-bond donors (Lipinski definition) is 2. The minimum Gasteiger partial charge on any atom is -0.494 e. The lowest BCUT2D eigenvalue weighted by molar-refractivity contribution is 0.0978. The van der Waals surface area contributed by atoms with Crippen molar-refractivity contribution in [2.24, 2.45) is 0 Å². The molecule has 0 saturated carbocycles. The van der Waals surface area contributed by atoms with Gasteiger partial charge in [0, 0.05) is 11.3 Å². The molecule has 0 radical (unpaired) electrons. The number of carbonyl (C=O) groups excluding carboxylic acids is 1. The molecule has 0 aliphatic carbocycles. The first-order valence-electron chi connectivity index (χ1n) is 9.16. The number of anilines is 1. The Balaban J connectivity index is 1.56. The highest BCUT2D eigenvalue weighted by Gasteiger charge is 2.08. The summed E-state index contributed by atoms with van der Waals surface area (Å²) in [5.74, 6) is 0.556. The highest BCUT2D eigenvalue weighted by atomic mass is 32.1. The molecule has 0 saturated heterocycles. The molecule has 0 spiro atoms. The maximum Gasteiger partial charge on any atom is 0.257 e. The molecule has 0 aromatic heterocycles. The molecule has 2 N–H and O–H groups in total. The van der Waals surface area contributed by atoms with Crippen LogP contribution in [0.1, 0.15) is 23.7 Å². The number of benzene rings is 3. The molecule has 0 aliphatic heterocycles. The smallest absolute Gasteiger partial charge is 0.257 e. The third-order valence-electron chi connectivity index (χ3n) is 4.07. The molecule has 3 rings (SSSR count). The van der Waals surface area contributed by atoms with Crippen molar-refractivity contribution in [2.45, 2.75) is 13.3 Å². The normalized spacial score (nSPS) is 10.2. The summed E-state index contributed by atoms with van der Waals surface area (Å²) in [6.07, 6.45) is 0.961. The van der Waals surface area contributed by atoms with Gasteiger partial charge < -0.3 is 10.1 Å². The lowest BCUT2D eigenvalue weighted by Crippen LogP contribution is -2.34. The summed E-state index contributed by atoms with van der Waals surface area (Å²) in [5, 5.41) is 5.96. The van der Waals surface area contributed by atoms with E-state index in [4.69, 9.17) is 17.0 Å². The summed E-state index contributed by atoms with van der Waals surface area (Å²) in [7, 11) is 0. The van der Waals surface area contributed by atoms with Crippen LogP contribution in [0.15, 0.2) is 78.9 Å². The van der Waals surface area contributed by atoms with Gasteiger partial charge in [-0.1, -0.05) is 49.4 Å². The summed E-state index contributed by atoms with van der Waals surface area (Å²) < 4.78 is 5.55. The van der Waals surface area contributed by atoms with E-state index in [1.165, 1.54) is 0 Å². The van der Waals surface area contributed by atoms with Crippen LogP contribution in [-0.4, -0.2) is 17.6 Å². The molecule has 0 aliphatic rings. The molecule has 1 amide bonds. The number of amides is 1. The first kappa shape index (κ1) is 19.6. The quantitative estimate of drug-likeness (QED) is 0.563. The summed E-state index contributed by atoms with van der Waals surface area (Å²) in [6.45, 7) is 2.75. The van der Waals surface area contributed by atoms with Crippen LogP contribution >= 0.6 is 12.2 Å². The molecule has 3 aromatic carbocycles. The van der Waals surface area contributed by atoms with Gasteiger partial charge in [-0.05, 0) is 66.2 Å². The van der Waals surface area contributed by atoms with Crippen molar-refractivity contribution in [3.05, 3.63) is 84.4 Å². The molecule has 0 heterocycles. The maximum atomic E-state index is 12.4. The highest BCUT2D eigenvalue weighted by molar-refractivity contribution is 7.80.